The van der Waals surface area contributed by atoms with Gasteiger partial charge in [-0.1, -0.05) is 6.07 Å². The van der Waals surface area contributed by atoms with Gasteiger partial charge in [0.15, 0.2) is 0 Å². The maximum atomic E-state index is 11.7. The van der Waals surface area contributed by atoms with E-state index in [1.807, 2.05) is 13.0 Å². The zero-order valence-corrected chi connectivity index (χ0v) is 9.03. The van der Waals surface area contributed by atoms with E-state index in [0.717, 1.165) is 11.1 Å². The van der Waals surface area contributed by atoms with Crippen LogP contribution in [0.5, 0.6) is 0 Å². The van der Waals surface area contributed by atoms with Crippen molar-refractivity contribution < 1.29 is 9.53 Å². The van der Waals surface area contributed by atoms with Crippen molar-refractivity contribution in [2.24, 2.45) is 0 Å². The first-order chi connectivity index (χ1) is 7.61. The number of carbonyl (C=O) groups is 1. The van der Waals surface area contributed by atoms with Gasteiger partial charge in [-0.05, 0) is 30.5 Å². The zero-order valence-electron chi connectivity index (χ0n) is 9.03. The molecule has 0 aliphatic heterocycles. The third-order valence-electron chi connectivity index (χ3n) is 2.40. The molecular weight excluding hydrogens is 206 g/mol. The fourth-order valence-corrected chi connectivity index (χ4v) is 1.64. The number of fused-ring (bicyclic) bond motifs is 1. The molecule has 0 atom stereocenters. The Morgan fingerprint density at radius 2 is 2.06 bits per heavy atom. The van der Waals surface area contributed by atoms with Crippen molar-refractivity contribution >= 4 is 16.7 Å². The molecule has 16 heavy (non-hydrogen) atoms. The predicted molar refractivity (Wildman–Crippen MR) is 60.6 cm³/mol. The fourth-order valence-electron chi connectivity index (χ4n) is 1.64. The molecule has 82 valence electrons. The van der Waals surface area contributed by atoms with Crippen molar-refractivity contribution in [1.82, 2.24) is 4.98 Å². The van der Waals surface area contributed by atoms with E-state index in [1.165, 1.54) is 7.11 Å². The Kier molecular flexibility index (Phi) is 2.48. The van der Waals surface area contributed by atoms with Crippen LogP contribution in [0.15, 0.2) is 29.1 Å². The van der Waals surface area contributed by atoms with Crippen molar-refractivity contribution in [1.29, 1.82) is 0 Å². The maximum Gasteiger partial charge on any atom is 0.337 e. The highest BCUT2D eigenvalue weighted by molar-refractivity contribution is 5.95. The Bertz CT molecular complexity index is 613. The summed E-state index contributed by atoms with van der Waals surface area (Å²) in [6.45, 7) is 1.81. The number of hydrogen-bond donors (Lipinski definition) is 1. The van der Waals surface area contributed by atoms with E-state index >= 15 is 0 Å². The van der Waals surface area contributed by atoms with Crippen LogP contribution in [0.4, 0.5) is 0 Å². The van der Waals surface area contributed by atoms with Gasteiger partial charge in [0.2, 0.25) is 0 Å². The van der Waals surface area contributed by atoms with Crippen LogP contribution in [0, 0.1) is 6.92 Å². The second kappa shape index (κ2) is 3.81. The zero-order chi connectivity index (χ0) is 11.7. The Morgan fingerprint density at radius 1 is 1.31 bits per heavy atom. The lowest BCUT2D eigenvalue weighted by atomic mass is 10.1. The minimum atomic E-state index is -0.443. The molecule has 0 bridgehead atoms. The van der Waals surface area contributed by atoms with Gasteiger partial charge in [0.1, 0.15) is 0 Å². The third kappa shape index (κ3) is 1.69. The molecule has 0 aliphatic rings. The number of methoxy groups -OCH3 is 1. The molecule has 0 saturated heterocycles. The van der Waals surface area contributed by atoms with Crippen LogP contribution < -0.4 is 5.56 Å². The van der Waals surface area contributed by atoms with Gasteiger partial charge in [-0.15, -0.1) is 0 Å². The smallest absolute Gasteiger partial charge is 0.337 e. The minimum Gasteiger partial charge on any atom is -0.465 e. The molecule has 0 aliphatic carbocycles. The lowest BCUT2D eigenvalue weighted by Crippen LogP contribution is -2.09. The number of carbonyl (C=O) groups excluding carboxylic acids is 1. The van der Waals surface area contributed by atoms with Crippen LogP contribution in [-0.4, -0.2) is 18.1 Å². The molecule has 0 radical (unpaired) electrons. The van der Waals surface area contributed by atoms with Gasteiger partial charge < -0.3 is 9.72 Å². The number of pyridine rings is 1. The van der Waals surface area contributed by atoms with Crippen molar-refractivity contribution in [3.05, 3.63) is 45.9 Å². The van der Waals surface area contributed by atoms with E-state index in [2.05, 4.69) is 9.72 Å². The van der Waals surface area contributed by atoms with Gasteiger partial charge in [0, 0.05) is 11.1 Å². The molecule has 0 saturated carbocycles. The van der Waals surface area contributed by atoms with Crippen molar-refractivity contribution in [2.75, 3.05) is 7.11 Å². The summed E-state index contributed by atoms with van der Waals surface area (Å²) in [5.74, 6) is -0.443. The van der Waals surface area contributed by atoms with Crippen LogP contribution >= 0.6 is 0 Å². The number of aromatic amines is 1. The average Bonchev–Trinajstić information content (AvgIpc) is 2.27. The number of aromatic nitrogens is 1. The lowest BCUT2D eigenvalue weighted by Gasteiger charge is -2.02. The van der Waals surface area contributed by atoms with E-state index < -0.39 is 5.97 Å². The number of hydrogen-bond acceptors (Lipinski definition) is 3. The molecule has 0 fully saturated rings. The summed E-state index contributed by atoms with van der Waals surface area (Å²) in [4.78, 5) is 25.6. The first kappa shape index (κ1) is 10.4. The standard InChI is InChI=1S/C12H11NO3/c1-7-5-8-3-4-9(12(15)16-2)6-10(8)11(14)13-7/h3-6H,1-2H3,(H,13,14). The quantitative estimate of drug-likeness (QED) is 0.738. The Balaban J connectivity index is 2.71. The van der Waals surface area contributed by atoms with E-state index in [9.17, 15) is 9.59 Å². The second-order valence-corrected chi connectivity index (χ2v) is 3.58. The average molecular weight is 217 g/mol. The molecule has 1 aromatic carbocycles. The molecule has 0 spiro atoms. The Morgan fingerprint density at radius 3 is 2.75 bits per heavy atom. The number of H-pyrrole nitrogens is 1. The summed E-state index contributed by atoms with van der Waals surface area (Å²) in [7, 11) is 1.31. The molecule has 4 nitrogen and oxygen atoms in total. The SMILES string of the molecule is COC(=O)c1ccc2cc(C)[nH]c(=O)c2c1. The monoisotopic (exact) mass is 217 g/mol. The molecule has 1 N–H and O–H groups in total. The number of esters is 1. The largest absolute Gasteiger partial charge is 0.465 e. The molecule has 1 aromatic heterocycles. The number of nitrogens with one attached hydrogen (secondary N) is 1. The van der Waals surface area contributed by atoms with Crippen molar-refractivity contribution in [3.63, 3.8) is 0 Å². The van der Waals surface area contributed by atoms with Crippen LogP contribution in [0.1, 0.15) is 16.1 Å². The molecule has 2 rings (SSSR count). The summed E-state index contributed by atoms with van der Waals surface area (Å²) in [5, 5.41) is 1.31. The predicted octanol–water partition coefficient (Wildman–Crippen LogP) is 1.62. The first-order valence-electron chi connectivity index (χ1n) is 4.84. The van der Waals surface area contributed by atoms with Crippen LogP contribution in [-0.2, 0) is 4.74 Å². The van der Waals surface area contributed by atoms with Crippen molar-refractivity contribution in [3.8, 4) is 0 Å². The fraction of sp³-hybridized carbons (Fsp3) is 0.167. The van der Waals surface area contributed by atoms with Crippen LogP contribution in [0.25, 0.3) is 10.8 Å². The molecular formula is C12H11NO3. The Hall–Kier alpha value is -2.10. The molecule has 1 heterocycles. The normalized spacial score (nSPS) is 10.4. The maximum absolute atomic E-state index is 11.7. The van der Waals surface area contributed by atoms with Crippen LogP contribution in [0.2, 0.25) is 0 Å². The second-order valence-electron chi connectivity index (χ2n) is 3.58. The summed E-state index contributed by atoms with van der Waals surface area (Å²) in [5.41, 5.74) is 0.980. The van der Waals surface area contributed by atoms with E-state index in [-0.39, 0.29) is 5.56 Å². The summed E-state index contributed by atoms with van der Waals surface area (Å²) >= 11 is 0. The summed E-state index contributed by atoms with van der Waals surface area (Å²) in [6, 6.07) is 6.79. The number of aryl methyl sites for hydroxylation is 1. The summed E-state index contributed by atoms with van der Waals surface area (Å²) < 4.78 is 4.60. The van der Waals surface area contributed by atoms with Gasteiger partial charge in [-0.2, -0.15) is 0 Å². The van der Waals surface area contributed by atoms with Gasteiger partial charge in [-0.3, -0.25) is 4.79 Å². The highest BCUT2D eigenvalue weighted by Gasteiger charge is 2.07. The molecule has 4 heteroatoms. The lowest BCUT2D eigenvalue weighted by molar-refractivity contribution is 0.0601. The van der Waals surface area contributed by atoms with E-state index in [0.29, 0.717) is 10.9 Å². The highest BCUT2D eigenvalue weighted by Crippen LogP contribution is 2.13. The molecule has 0 unspecified atom stereocenters. The van der Waals surface area contributed by atoms with Gasteiger partial charge >= 0.3 is 5.97 Å². The van der Waals surface area contributed by atoms with E-state index in [1.54, 1.807) is 18.2 Å². The highest BCUT2D eigenvalue weighted by atomic mass is 16.5. The van der Waals surface area contributed by atoms with Crippen LogP contribution in [0.3, 0.4) is 0 Å². The topological polar surface area (TPSA) is 59.2 Å². The first-order valence-corrected chi connectivity index (χ1v) is 4.84. The molecule has 2 aromatic rings. The summed E-state index contributed by atoms with van der Waals surface area (Å²) in [6.07, 6.45) is 0. The third-order valence-corrected chi connectivity index (χ3v) is 2.40. The van der Waals surface area contributed by atoms with Crippen molar-refractivity contribution in [2.45, 2.75) is 6.92 Å². The number of ether oxygens (including phenoxy) is 1. The van der Waals surface area contributed by atoms with Gasteiger partial charge in [-0.25, -0.2) is 4.79 Å². The molecule has 0 amide bonds. The number of benzene rings is 1. The minimum absolute atomic E-state index is 0.194. The number of rotatable bonds is 1. The van der Waals surface area contributed by atoms with Gasteiger partial charge in [0.05, 0.1) is 12.7 Å². The Labute approximate surface area is 91.9 Å². The van der Waals surface area contributed by atoms with E-state index in [4.69, 9.17) is 0 Å². The van der Waals surface area contributed by atoms with Gasteiger partial charge in [0.25, 0.3) is 5.56 Å².